The van der Waals surface area contributed by atoms with Crippen LogP contribution in [0.4, 0.5) is 0 Å². The van der Waals surface area contributed by atoms with Crippen molar-refractivity contribution in [3.05, 3.63) is 182 Å². The lowest BCUT2D eigenvalue weighted by Crippen LogP contribution is -3.00. The van der Waals surface area contributed by atoms with Gasteiger partial charge in [0.2, 0.25) is 0 Å². The van der Waals surface area contributed by atoms with E-state index in [-0.39, 0.29) is 34.0 Å². The predicted octanol–water partition coefficient (Wildman–Crippen LogP) is 4.64. The topological polar surface area (TPSA) is 0 Å². The summed E-state index contributed by atoms with van der Waals surface area (Å²) >= 11 is 0. The van der Waals surface area contributed by atoms with E-state index in [1.54, 1.807) is 0 Å². The van der Waals surface area contributed by atoms with Crippen LogP contribution in [0.5, 0.6) is 0 Å². The number of hydrogen-bond donors (Lipinski definition) is 0. The molecule has 0 amide bonds. The van der Waals surface area contributed by atoms with E-state index in [0.29, 0.717) is 0 Å². The molecule has 6 aromatic carbocycles. The second-order valence-corrected chi connectivity index (χ2v) is 15.1. The SMILES string of the molecule is Br.C[P+](c1ccccc1)(c1ccccc1)c1ccccc1.[Br-].c1ccc(P(c2ccccc2)c2ccccc2)cc1. The predicted molar refractivity (Wildman–Crippen MR) is 187 cm³/mol. The fourth-order valence-electron chi connectivity index (χ4n) is 4.80. The van der Waals surface area contributed by atoms with E-state index >= 15 is 0 Å². The van der Waals surface area contributed by atoms with Gasteiger partial charge in [0.05, 0.1) is 6.66 Å². The van der Waals surface area contributed by atoms with E-state index in [0.717, 1.165) is 0 Å². The highest BCUT2D eigenvalue weighted by Crippen LogP contribution is 2.51. The number of halogens is 2. The van der Waals surface area contributed by atoms with E-state index in [2.05, 4.69) is 189 Å². The molecular formula is C37H34Br2P2. The molecule has 6 rings (SSSR count). The Balaban J connectivity index is 0.000000215. The summed E-state index contributed by atoms with van der Waals surface area (Å²) in [5.74, 6) is 0. The minimum absolute atomic E-state index is 0. The Kier molecular flexibility index (Phi) is 13.2. The second-order valence-electron chi connectivity index (χ2n) is 9.35. The van der Waals surface area contributed by atoms with Crippen molar-refractivity contribution in [1.29, 1.82) is 0 Å². The summed E-state index contributed by atoms with van der Waals surface area (Å²) < 4.78 is 0. The molecule has 0 heterocycles. The molecule has 4 heteroatoms. The first-order valence-corrected chi connectivity index (χ1v) is 16.8. The number of hydrogen-bond acceptors (Lipinski definition) is 0. The molecule has 206 valence electrons. The van der Waals surface area contributed by atoms with Crippen molar-refractivity contribution in [2.45, 2.75) is 0 Å². The molecule has 0 bridgehead atoms. The van der Waals surface area contributed by atoms with Crippen LogP contribution in [0.3, 0.4) is 0 Å². The van der Waals surface area contributed by atoms with Crippen LogP contribution >= 0.6 is 32.2 Å². The first-order valence-electron chi connectivity index (χ1n) is 13.3. The van der Waals surface area contributed by atoms with Gasteiger partial charge in [0.1, 0.15) is 23.2 Å². The third-order valence-electron chi connectivity index (χ3n) is 6.86. The van der Waals surface area contributed by atoms with Crippen LogP contribution in [0.1, 0.15) is 0 Å². The molecule has 0 spiro atoms. The molecule has 0 aliphatic carbocycles. The zero-order valence-electron chi connectivity index (χ0n) is 23.0. The molecule has 0 saturated carbocycles. The normalized spacial score (nSPS) is 10.4. The molecule has 0 radical (unpaired) electrons. The molecule has 0 aliphatic rings. The molecule has 6 aromatic rings. The van der Waals surface area contributed by atoms with E-state index < -0.39 is 15.2 Å². The fourth-order valence-corrected chi connectivity index (χ4v) is 10.3. The monoisotopic (exact) mass is 698 g/mol. The van der Waals surface area contributed by atoms with Crippen LogP contribution < -0.4 is 48.8 Å². The van der Waals surface area contributed by atoms with Gasteiger partial charge in [0.25, 0.3) is 0 Å². The van der Waals surface area contributed by atoms with Crippen LogP contribution in [0.2, 0.25) is 0 Å². The fraction of sp³-hybridized carbons (Fsp3) is 0.0270. The van der Waals surface area contributed by atoms with Gasteiger partial charge in [-0.05, 0) is 60.2 Å². The van der Waals surface area contributed by atoms with Crippen LogP contribution in [0, 0.1) is 0 Å². The maximum Gasteiger partial charge on any atom is 0.109 e. The van der Waals surface area contributed by atoms with E-state index in [9.17, 15) is 0 Å². The minimum Gasteiger partial charge on any atom is -1.00 e. The molecule has 0 N–H and O–H groups in total. The minimum atomic E-state index is -1.53. The lowest BCUT2D eigenvalue weighted by molar-refractivity contribution is -0.00000756. The van der Waals surface area contributed by atoms with Gasteiger partial charge in [0, 0.05) is 0 Å². The van der Waals surface area contributed by atoms with E-state index in [1.807, 2.05) is 0 Å². The van der Waals surface area contributed by atoms with E-state index in [1.165, 1.54) is 31.8 Å². The van der Waals surface area contributed by atoms with Crippen molar-refractivity contribution in [2.24, 2.45) is 0 Å². The van der Waals surface area contributed by atoms with Crippen molar-refractivity contribution in [2.75, 3.05) is 6.66 Å². The van der Waals surface area contributed by atoms with Crippen LogP contribution in [0.25, 0.3) is 0 Å². The van der Waals surface area contributed by atoms with E-state index in [4.69, 9.17) is 0 Å². The molecule has 0 saturated heterocycles. The van der Waals surface area contributed by atoms with Crippen LogP contribution in [-0.2, 0) is 0 Å². The summed E-state index contributed by atoms with van der Waals surface area (Å²) in [7, 11) is -1.97. The highest BCUT2D eigenvalue weighted by Gasteiger charge is 2.39. The molecule has 0 aromatic heterocycles. The zero-order chi connectivity index (χ0) is 26.8. The van der Waals surface area contributed by atoms with Gasteiger partial charge in [-0.2, -0.15) is 0 Å². The van der Waals surface area contributed by atoms with Gasteiger partial charge >= 0.3 is 0 Å². The summed E-state index contributed by atoms with van der Waals surface area (Å²) in [4.78, 5) is 0. The molecule has 0 fully saturated rings. The van der Waals surface area contributed by atoms with Crippen molar-refractivity contribution >= 4 is 64.0 Å². The molecule has 41 heavy (non-hydrogen) atoms. The zero-order valence-corrected chi connectivity index (χ0v) is 28.1. The van der Waals surface area contributed by atoms with Crippen molar-refractivity contribution in [1.82, 2.24) is 0 Å². The number of benzene rings is 6. The summed E-state index contributed by atoms with van der Waals surface area (Å²) in [5.41, 5.74) is 0. The van der Waals surface area contributed by atoms with Crippen LogP contribution in [0.15, 0.2) is 182 Å². The maximum absolute atomic E-state index is 2.41. The quantitative estimate of drug-likeness (QED) is 0.223. The Morgan fingerprint density at radius 3 is 0.756 bits per heavy atom. The molecule has 0 atom stereocenters. The lowest BCUT2D eigenvalue weighted by atomic mass is 10.4. The average molecular weight is 700 g/mol. The Hall–Kier alpha value is -2.86. The standard InChI is InChI=1S/C19H18P.C18H15P.2BrH/c1-20(17-11-5-2-6-12-17,18-13-7-3-8-14-18)19-15-9-4-10-16-19;1-4-10-16(11-5-1)19(17-12-6-2-7-13-17)18-14-8-3-9-15-18;;/h2-16H,1H3;1-15H;2*1H/q+1;;;/p-1. The van der Waals surface area contributed by atoms with Gasteiger partial charge < -0.3 is 17.0 Å². The first-order chi connectivity index (χ1) is 19.3. The molecular weight excluding hydrogens is 666 g/mol. The first kappa shape index (κ1) is 32.7. The third kappa shape index (κ3) is 8.12. The van der Waals surface area contributed by atoms with Crippen LogP contribution in [-0.4, -0.2) is 6.66 Å². The molecule has 0 nitrogen and oxygen atoms in total. The van der Waals surface area contributed by atoms with Gasteiger partial charge in [0.15, 0.2) is 0 Å². The maximum atomic E-state index is 2.41. The Morgan fingerprint density at radius 2 is 0.537 bits per heavy atom. The van der Waals surface area contributed by atoms with Crippen molar-refractivity contribution < 1.29 is 17.0 Å². The van der Waals surface area contributed by atoms with Gasteiger partial charge in [-0.25, -0.2) is 0 Å². The summed E-state index contributed by atoms with van der Waals surface area (Å²) in [5, 5.41) is 8.48. The Bertz CT molecular complexity index is 1340. The largest absolute Gasteiger partial charge is 1.00 e. The van der Waals surface area contributed by atoms with Gasteiger partial charge in [-0.3, -0.25) is 0 Å². The van der Waals surface area contributed by atoms with Crippen molar-refractivity contribution in [3.8, 4) is 0 Å². The molecule has 0 aliphatic heterocycles. The third-order valence-corrected chi connectivity index (χ3v) is 13.3. The highest BCUT2D eigenvalue weighted by molar-refractivity contribution is 8.93. The summed E-state index contributed by atoms with van der Waals surface area (Å²) in [6, 6.07) is 65.0. The summed E-state index contributed by atoms with van der Waals surface area (Å²) in [6.07, 6.45) is 0. The average Bonchev–Trinajstić information content (AvgIpc) is 3.04. The second kappa shape index (κ2) is 16.5. The lowest BCUT2D eigenvalue weighted by Gasteiger charge is -2.22. The van der Waals surface area contributed by atoms with Crippen molar-refractivity contribution in [3.63, 3.8) is 0 Å². The highest BCUT2D eigenvalue weighted by atomic mass is 79.9. The number of rotatable bonds is 6. The molecule has 0 unspecified atom stereocenters. The Morgan fingerprint density at radius 1 is 0.341 bits per heavy atom. The Labute approximate surface area is 268 Å². The summed E-state index contributed by atoms with van der Waals surface area (Å²) in [6.45, 7) is 2.41. The van der Waals surface area contributed by atoms with Gasteiger partial charge in [-0.1, -0.05) is 146 Å². The smallest absolute Gasteiger partial charge is 0.109 e. The van der Waals surface area contributed by atoms with Gasteiger partial charge in [-0.15, -0.1) is 17.0 Å².